The van der Waals surface area contributed by atoms with E-state index in [9.17, 15) is 4.79 Å². The minimum Gasteiger partial charge on any atom is -0.363 e. The van der Waals surface area contributed by atoms with E-state index in [1.165, 1.54) is 6.26 Å². The van der Waals surface area contributed by atoms with Crippen LogP contribution in [0.25, 0.3) is 0 Å². The standard InChI is InChI=1S/C13H18N6O2/c1-2-18-6-7-19(9-10(18)12-14-4-5-15-12)13(20)16-11-3-8-21-17-11/h3-5,8,10H,2,6-7,9H2,1H3,(H,14,15)(H,16,17,20)/t10-/m0/s1. The highest BCUT2D eigenvalue weighted by Gasteiger charge is 2.31. The molecule has 0 spiro atoms. The van der Waals surface area contributed by atoms with E-state index < -0.39 is 0 Å². The Kier molecular flexibility index (Phi) is 3.87. The summed E-state index contributed by atoms with van der Waals surface area (Å²) in [7, 11) is 0. The lowest BCUT2D eigenvalue weighted by Gasteiger charge is -2.39. The number of piperazine rings is 1. The second kappa shape index (κ2) is 5.96. The highest BCUT2D eigenvalue weighted by atomic mass is 16.5. The molecule has 8 heteroatoms. The summed E-state index contributed by atoms with van der Waals surface area (Å²) in [4.78, 5) is 23.8. The first-order valence-corrected chi connectivity index (χ1v) is 6.97. The van der Waals surface area contributed by atoms with Gasteiger partial charge in [-0.15, -0.1) is 0 Å². The van der Waals surface area contributed by atoms with Gasteiger partial charge in [-0.2, -0.15) is 0 Å². The summed E-state index contributed by atoms with van der Waals surface area (Å²) in [5.41, 5.74) is 0. The number of carbonyl (C=O) groups is 1. The van der Waals surface area contributed by atoms with Gasteiger partial charge in [0.2, 0.25) is 0 Å². The van der Waals surface area contributed by atoms with Gasteiger partial charge in [0, 0.05) is 38.1 Å². The first-order valence-electron chi connectivity index (χ1n) is 6.97. The van der Waals surface area contributed by atoms with Crippen LogP contribution in [0, 0.1) is 0 Å². The third-order valence-electron chi connectivity index (χ3n) is 3.69. The molecule has 2 aromatic heterocycles. The summed E-state index contributed by atoms with van der Waals surface area (Å²) in [5, 5.41) is 6.41. The Bertz CT molecular complexity index is 568. The van der Waals surface area contributed by atoms with Gasteiger partial charge in [-0.25, -0.2) is 9.78 Å². The number of aromatic nitrogens is 3. The number of rotatable bonds is 3. The molecule has 1 atom stereocenters. The number of nitrogens with one attached hydrogen (secondary N) is 2. The molecule has 0 unspecified atom stereocenters. The summed E-state index contributed by atoms with van der Waals surface area (Å²) < 4.78 is 4.71. The molecule has 2 aromatic rings. The van der Waals surface area contributed by atoms with Crippen LogP contribution in [0.15, 0.2) is 29.2 Å². The Morgan fingerprint density at radius 1 is 1.57 bits per heavy atom. The molecule has 0 aromatic carbocycles. The summed E-state index contributed by atoms with van der Waals surface area (Å²) in [6.45, 7) is 5.11. The number of carbonyl (C=O) groups excluding carboxylic acids is 1. The first kappa shape index (κ1) is 13.6. The predicted octanol–water partition coefficient (Wildman–Crippen LogP) is 1.31. The molecule has 1 aliphatic heterocycles. The smallest absolute Gasteiger partial charge is 0.323 e. The van der Waals surface area contributed by atoms with Crippen LogP contribution < -0.4 is 5.32 Å². The largest absolute Gasteiger partial charge is 0.363 e. The van der Waals surface area contributed by atoms with Gasteiger partial charge in [-0.3, -0.25) is 10.2 Å². The lowest BCUT2D eigenvalue weighted by atomic mass is 10.1. The van der Waals surface area contributed by atoms with E-state index in [2.05, 4.69) is 32.3 Å². The predicted molar refractivity (Wildman–Crippen MR) is 75.7 cm³/mol. The fourth-order valence-electron chi connectivity index (χ4n) is 2.57. The van der Waals surface area contributed by atoms with Crippen LogP contribution in [0.3, 0.4) is 0 Å². The van der Waals surface area contributed by atoms with E-state index in [0.717, 1.165) is 18.9 Å². The van der Waals surface area contributed by atoms with Crippen molar-refractivity contribution in [1.29, 1.82) is 0 Å². The molecule has 8 nitrogen and oxygen atoms in total. The second-order valence-electron chi connectivity index (χ2n) is 4.88. The second-order valence-corrected chi connectivity index (χ2v) is 4.88. The van der Waals surface area contributed by atoms with Crippen molar-refractivity contribution in [3.05, 3.63) is 30.5 Å². The molecular formula is C13H18N6O2. The SMILES string of the molecule is CCN1CCN(C(=O)Nc2ccon2)C[C@H]1c1ncc[nH]1. The van der Waals surface area contributed by atoms with Crippen molar-refractivity contribution in [3.63, 3.8) is 0 Å². The Morgan fingerprint density at radius 2 is 2.48 bits per heavy atom. The van der Waals surface area contributed by atoms with Crippen molar-refractivity contribution < 1.29 is 9.32 Å². The van der Waals surface area contributed by atoms with Gasteiger partial charge in [0.1, 0.15) is 12.1 Å². The third-order valence-corrected chi connectivity index (χ3v) is 3.69. The van der Waals surface area contributed by atoms with E-state index in [1.807, 2.05) is 0 Å². The minimum absolute atomic E-state index is 0.0850. The molecule has 0 saturated carbocycles. The topological polar surface area (TPSA) is 90.3 Å². The summed E-state index contributed by atoms with van der Waals surface area (Å²) in [5.74, 6) is 1.31. The number of H-pyrrole nitrogens is 1. The van der Waals surface area contributed by atoms with Crippen molar-refractivity contribution in [3.8, 4) is 0 Å². The average molecular weight is 290 g/mol. The maximum Gasteiger partial charge on any atom is 0.323 e. The van der Waals surface area contributed by atoms with Crippen LogP contribution in [0.5, 0.6) is 0 Å². The molecule has 1 fully saturated rings. The van der Waals surface area contributed by atoms with Gasteiger partial charge in [0.25, 0.3) is 0 Å². The maximum atomic E-state index is 12.3. The molecule has 21 heavy (non-hydrogen) atoms. The van der Waals surface area contributed by atoms with Crippen LogP contribution in [0.2, 0.25) is 0 Å². The van der Waals surface area contributed by atoms with E-state index >= 15 is 0 Å². The van der Waals surface area contributed by atoms with Gasteiger partial charge < -0.3 is 14.4 Å². The third kappa shape index (κ3) is 2.89. The summed E-state index contributed by atoms with van der Waals surface area (Å²) in [6, 6.07) is 1.53. The van der Waals surface area contributed by atoms with E-state index in [4.69, 9.17) is 4.52 Å². The molecule has 112 valence electrons. The number of imidazole rings is 1. The molecule has 2 N–H and O–H groups in total. The average Bonchev–Trinajstić information content (AvgIpc) is 3.19. The molecule has 0 bridgehead atoms. The molecule has 2 amide bonds. The quantitative estimate of drug-likeness (QED) is 0.889. The van der Waals surface area contributed by atoms with Crippen LogP contribution in [0.4, 0.5) is 10.6 Å². The number of aromatic amines is 1. The number of anilines is 1. The highest BCUT2D eigenvalue weighted by Crippen LogP contribution is 2.22. The number of urea groups is 1. The normalized spacial score (nSPS) is 19.7. The molecule has 3 heterocycles. The summed E-state index contributed by atoms with van der Waals surface area (Å²) >= 11 is 0. The Hall–Kier alpha value is -2.35. The van der Waals surface area contributed by atoms with Crippen molar-refractivity contribution in [2.75, 3.05) is 31.5 Å². The zero-order chi connectivity index (χ0) is 14.7. The van der Waals surface area contributed by atoms with Crippen molar-refractivity contribution in [1.82, 2.24) is 24.9 Å². The van der Waals surface area contributed by atoms with Crippen molar-refractivity contribution in [2.24, 2.45) is 0 Å². The van der Waals surface area contributed by atoms with Crippen LogP contribution in [0.1, 0.15) is 18.8 Å². The zero-order valence-electron chi connectivity index (χ0n) is 11.8. The number of likely N-dealkylation sites (N-methyl/N-ethyl adjacent to an activating group) is 1. The fourth-order valence-corrected chi connectivity index (χ4v) is 2.57. The monoisotopic (exact) mass is 290 g/mol. The minimum atomic E-state index is -0.170. The van der Waals surface area contributed by atoms with Gasteiger partial charge in [0.15, 0.2) is 5.82 Å². The lowest BCUT2D eigenvalue weighted by Crippen LogP contribution is -2.51. The van der Waals surface area contributed by atoms with E-state index in [1.54, 1.807) is 23.4 Å². The molecule has 0 radical (unpaired) electrons. The van der Waals surface area contributed by atoms with Crippen molar-refractivity contribution in [2.45, 2.75) is 13.0 Å². The highest BCUT2D eigenvalue weighted by molar-refractivity contribution is 5.88. The van der Waals surface area contributed by atoms with Crippen LogP contribution in [-0.4, -0.2) is 57.1 Å². The van der Waals surface area contributed by atoms with Crippen LogP contribution in [-0.2, 0) is 0 Å². The number of hydrogen-bond donors (Lipinski definition) is 2. The summed E-state index contributed by atoms with van der Waals surface area (Å²) in [6.07, 6.45) is 4.96. The molecule has 0 aliphatic carbocycles. The number of amides is 2. The van der Waals surface area contributed by atoms with Crippen molar-refractivity contribution >= 4 is 11.8 Å². The van der Waals surface area contributed by atoms with Crippen LogP contribution >= 0.6 is 0 Å². The Morgan fingerprint density at radius 3 is 3.14 bits per heavy atom. The van der Waals surface area contributed by atoms with Gasteiger partial charge >= 0.3 is 6.03 Å². The molecule has 3 rings (SSSR count). The molecule has 1 saturated heterocycles. The molecular weight excluding hydrogens is 272 g/mol. The fraction of sp³-hybridized carbons (Fsp3) is 0.462. The van der Waals surface area contributed by atoms with Gasteiger partial charge in [0.05, 0.1) is 6.04 Å². The number of nitrogens with zero attached hydrogens (tertiary/aromatic N) is 4. The van der Waals surface area contributed by atoms with E-state index in [0.29, 0.717) is 18.9 Å². The van der Waals surface area contributed by atoms with Gasteiger partial charge in [-0.05, 0) is 6.54 Å². The zero-order valence-corrected chi connectivity index (χ0v) is 11.8. The number of hydrogen-bond acceptors (Lipinski definition) is 5. The van der Waals surface area contributed by atoms with Gasteiger partial charge in [-0.1, -0.05) is 12.1 Å². The lowest BCUT2D eigenvalue weighted by molar-refractivity contribution is 0.0946. The maximum absolute atomic E-state index is 12.3. The Labute approximate surface area is 122 Å². The first-order chi connectivity index (χ1) is 10.3. The Balaban J connectivity index is 1.69. The molecule has 1 aliphatic rings. The van der Waals surface area contributed by atoms with E-state index in [-0.39, 0.29) is 12.1 Å².